The predicted molar refractivity (Wildman–Crippen MR) is 130 cm³/mol. The van der Waals surface area contributed by atoms with E-state index in [1.54, 1.807) is 23.4 Å². The largest absolute Gasteiger partial charge is 0.367 e. The van der Waals surface area contributed by atoms with Crippen molar-refractivity contribution in [3.8, 4) is 12.3 Å². The van der Waals surface area contributed by atoms with E-state index in [2.05, 4.69) is 10.9 Å². The molecule has 0 N–H and O–H groups in total. The lowest BCUT2D eigenvalue weighted by molar-refractivity contribution is -0.385. The molecule has 0 saturated carbocycles. The monoisotopic (exact) mass is 522 g/mol. The van der Waals surface area contributed by atoms with E-state index in [1.165, 1.54) is 4.31 Å². The Balaban J connectivity index is 2.13. The van der Waals surface area contributed by atoms with Crippen molar-refractivity contribution in [3.63, 3.8) is 0 Å². The van der Waals surface area contributed by atoms with E-state index in [9.17, 15) is 26.9 Å². The third-order valence-electron chi connectivity index (χ3n) is 5.49. The molecule has 1 aliphatic heterocycles. The third kappa shape index (κ3) is 6.15. The van der Waals surface area contributed by atoms with Gasteiger partial charge in [-0.2, -0.15) is 12.7 Å². The summed E-state index contributed by atoms with van der Waals surface area (Å²) in [7, 11) is -7.95. The summed E-state index contributed by atoms with van der Waals surface area (Å²) in [6.07, 6.45) is 10.9. The molecule has 3 rings (SSSR count). The molecule has 1 aliphatic rings. The Labute approximate surface area is 205 Å². The summed E-state index contributed by atoms with van der Waals surface area (Å²) in [5.41, 5.74) is 1.41. The molecule has 2 aromatic rings. The number of nitrogens with zero attached hydrogens (tertiary/aromatic N) is 4. The van der Waals surface area contributed by atoms with Crippen LogP contribution in [0.4, 0.5) is 11.4 Å². The minimum atomic E-state index is -4.23. The van der Waals surface area contributed by atoms with E-state index in [0.29, 0.717) is 19.4 Å². The highest BCUT2D eigenvalue weighted by atomic mass is 32.2. The zero-order valence-electron chi connectivity index (χ0n) is 19.4. The summed E-state index contributed by atoms with van der Waals surface area (Å²) in [6.45, 7) is 2.18. The number of hydrogen-bond donors (Lipinski definition) is 0. The second-order valence-corrected chi connectivity index (χ2v) is 11.5. The highest BCUT2D eigenvalue weighted by Gasteiger charge is 2.34. The lowest BCUT2D eigenvalue weighted by Gasteiger charge is -2.31. The first-order chi connectivity index (χ1) is 16.5. The number of anilines is 1. The zero-order chi connectivity index (χ0) is 25.8. The van der Waals surface area contributed by atoms with Gasteiger partial charge in [-0.25, -0.2) is 8.42 Å². The van der Waals surface area contributed by atoms with Crippen LogP contribution in [0.1, 0.15) is 30.0 Å². The van der Waals surface area contributed by atoms with Gasteiger partial charge in [-0.3, -0.25) is 19.3 Å². The van der Waals surface area contributed by atoms with Crippen molar-refractivity contribution in [3.05, 3.63) is 57.4 Å². The molecule has 0 fully saturated rings. The molecule has 0 radical (unpaired) electrons. The number of nitro groups is 1. The first-order valence-electron chi connectivity index (χ1n) is 10.8. The van der Waals surface area contributed by atoms with E-state index in [0.717, 1.165) is 29.5 Å². The van der Waals surface area contributed by atoms with Crippen molar-refractivity contribution < 1.29 is 25.9 Å². The number of aromatic nitrogens is 1. The predicted octanol–water partition coefficient (Wildman–Crippen LogP) is 1.91. The summed E-state index contributed by atoms with van der Waals surface area (Å²) in [5.74, 6) is 2.37. The van der Waals surface area contributed by atoms with Crippen LogP contribution in [0.15, 0.2) is 35.5 Å². The summed E-state index contributed by atoms with van der Waals surface area (Å²) >= 11 is 0. The van der Waals surface area contributed by atoms with Crippen molar-refractivity contribution in [2.75, 3.05) is 37.4 Å². The van der Waals surface area contributed by atoms with E-state index in [-0.39, 0.29) is 42.4 Å². The molecular weight excluding hydrogens is 496 g/mol. The minimum absolute atomic E-state index is 0.00439. The van der Waals surface area contributed by atoms with Crippen molar-refractivity contribution in [2.24, 2.45) is 0 Å². The van der Waals surface area contributed by atoms with Crippen LogP contribution in [-0.2, 0) is 37.3 Å². The van der Waals surface area contributed by atoms with Gasteiger partial charge < -0.3 is 4.90 Å². The Morgan fingerprint density at radius 1 is 1.26 bits per heavy atom. The molecule has 0 bridgehead atoms. The van der Waals surface area contributed by atoms with Gasteiger partial charge in [0, 0.05) is 50.7 Å². The van der Waals surface area contributed by atoms with E-state index < -0.39 is 30.8 Å². The first-order valence-corrected chi connectivity index (χ1v) is 14.0. The summed E-state index contributed by atoms with van der Waals surface area (Å²) < 4.78 is 56.7. The smallest absolute Gasteiger partial charge is 0.272 e. The number of rotatable bonds is 10. The fraction of sp³-hybridized carbons (Fsp3) is 0.409. The van der Waals surface area contributed by atoms with Crippen LogP contribution in [0.25, 0.3) is 0 Å². The maximum Gasteiger partial charge on any atom is 0.272 e. The highest BCUT2D eigenvalue weighted by molar-refractivity contribution is 7.89. The molecule has 13 heteroatoms. The molecule has 1 aromatic heterocycles. The average Bonchev–Trinajstić information content (AvgIpc) is 2.81. The molecular formula is C22H26N4O7S2. The highest BCUT2D eigenvalue weighted by Crippen LogP contribution is 2.37. The molecule has 0 amide bonds. The van der Waals surface area contributed by atoms with Crippen molar-refractivity contribution in [1.29, 1.82) is 0 Å². The van der Waals surface area contributed by atoms with Gasteiger partial charge in [0.1, 0.15) is 4.90 Å². The zero-order valence-corrected chi connectivity index (χ0v) is 21.0. The lowest BCUT2D eigenvalue weighted by Crippen LogP contribution is -2.38. The van der Waals surface area contributed by atoms with E-state index in [4.69, 9.17) is 10.6 Å². The molecule has 0 unspecified atom stereocenters. The van der Waals surface area contributed by atoms with Crippen LogP contribution in [-0.4, -0.2) is 63.5 Å². The second-order valence-electron chi connectivity index (χ2n) is 7.99. The SMILES string of the molecule is C#Cc1cc([N+](=O)[O-])cc(S(=O)(=O)N2CCc3cnccc3C2)c1N(CCC)CCOS(C)(=O)=O. The number of pyridine rings is 1. The molecule has 188 valence electrons. The molecule has 0 spiro atoms. The Morgan fingerprint density at radius 3 is 2.63 bits per heavy atom. The number of fused-ring (bicyclic) bond motifs is 1. The Bertz CT molecular complexity index is 1370. The number of sulfonamides is 1. The van der Waals surface area contributed by atoms with Gasteiger partial charge in [-0.05, 0) is 30.0 Å². The Hall–Kier alpha value is -3.05. The fourth-order valence-electron chi connectivity index (χ4n) is 3.93. The molecule has 0 aliphatic carbocycles. The van der Waals surface area contributed by atoms with Crippen molar-refractivity contribution in [2.45, 2.75) is 31.2 Å². The minimum Gasteiger partial charge on any atom is -0.367 e. The van der Waals surface area contributed by atoms with Crippen LogP contribution in [0.2, 0.25) is 0 Å². The van der Waals surface area contributed by atoms with E-state index in [1.807, 2.05) is 6.92 Å². The summed E-state index contributed by atoms with van der Waals surface area (Å²) in [5, 5.41) is 11.6. The summed E-state index contributed by atoms with van der Waals surface area (Å²) in [4.78, 5) is 16.3. The van der Waals surface area contributed by atoms with Gasteiger partial charge in [-0.1, -0.05) is 12.8 Å². The van der Waals surface area contributed by atoms with Gasteiger partial charge in [0.25, 0.3) is 15.8 Å². The van der Waals surface area contributed by atoms with Crippen LogP contribution < -0.4 is 4.90 Å². The molecule has 2 heterocycles. The van der Waals surface area contributed by atoms with Gasteiger partial charge in [0.05, 0.1) is 29.0 Å². The first kappa shape index (κ1) is 26.6. The van der Waals surface area contributed by atoms with Crippen LogP contribution in [0.5, 0.6) is 0 Å². The average molecular weight is 523 g/mol. The standard InChI is InChI=1S/C22H26N4O7S2/c1-4-9-24(11-12-33-34(3,29)30)22-17(5-2)13-20(26(27)28)14-21(22)35(31,32)25-10-7-18-15-23-8-6-19(18)16-25/h2,6,8,13-15H,4,7,9-12,16H2,1,3H3. The lowest BCUT2D eigenvalue weighted by atomic mass is 10.0. The maximum atomic E-state index is 13.9. The van der Waals surface area contributed by atoms with Crippen LogP contribution in [0.3, 0.4) is 0 Å². The van der Waals surface area contributed by atoms with Crippen LogP contribution in [0, 0.1) is 22.5 Å². The van der Waals surface area contributed by atoms with Gasteiger partial charge in [-0.15, -0.1) is 6.42 Å². The Morgan fingerprint density at radius 2 is 2.00 bits per heavy atom. The van der Waals surface area contributed by atoms with Gasteiger partial charge >= 0.3 is 0 Å². The molecule has 1 aromatic carbocycles. The normalized spacial score (nSPS) is 14.2. The van der Waals surface area contributed by atoms with E-state index >= 15 is 0 Å². The number of hydrogen-bond acceptors (Lipinski definition) is 9. The third-order valence-corrected chi connectivity index (χ3v) is 7.95. The summed E-state index contributed by atoms with van der Waals surface area (Å²) in [6, 6.07) is 3.89. The van der Waals surface area contributed by atoms with Gasteiger partial charge in [0.2, 0.25) is 10.0 Å². The number of benzene rings is 1. The molecule has 0 saturated heterocycles. The topological polar surface area (TPSA) is 140 Å². The molecule has 11 nitrogen and oxygen atoms in total. The van der Waals surface area contributed by atoms with Crippen molar-refractivity contribution in [1.82, 2.24) is 9.29 Å². The van der Waals surface area contributed by atoms with Crippen molar-refractivity contribution >= 4 is 31.5 Å². The maximum absolute atomic E-state index is 13.9. The van der Waals surface area contributed by atoms with Crippen LogP contribution >= 0.6 is 0 Å². The number of non-ortho nitro benzene ring substituents is 1. The Kier molecular flexibility index (Phi) is 8.11. The van der Waals surface area contributed by atoms with Gasteiger partial charge in [0.15, 0.2) is 0 Å². The quantitative estimate of drug-likeness (QED) is 0.198. The number of nitro benzene ring substituents is 1. The number of terminal acetylenes is 1. The molecule has 0 atom stereocenters. The molecule has 35 heavy (non-hydrogen) atoms. The fourth-order valence-corrected chi connectivity index (χ4v) is 5.98. The second kappa shape index (κ2) is 10.7.